The summed E-state index contributed by atoms with van der Waals surface area (Å²) in [4.78, 5) is 11.3. The summed E-state index contributed by atoms with van der Waals surface area (Å²) < 4.78 is 26.7. The number of ether oxygens (including phenoxy) is 4. The van der Waals surface area contributed by atoms with Crippen LogP contribution in [0.5, 0.6) is 23.0 Å². The lowest BCUT2D eigenvalue weighted by molar-refractivity contribution is -0.425. The molecule has 1 heterocycles. The number of nitrogens with zero attached hydrogens (tertiary/aromatic N) is 1. The number of hydrogen-bond acceptors (Lipinski definition) is 7. The number of furan rings is 1. The summed E-state index contributed by atoms with van der Waals surface area (Å²) >= 11 is 0. The van der Waals surface area contributed by atoms with Gasteiger partial charge >= 0.3 is 0 Å². The second-order valence-electron chi connectivity index (χ2n) is 6.12. The summed E-state index contributed by atoms with van der Waals surface area (Å²) in [6.45, 7) is 0. The number of nitro groups is 1. The maximum Gasteiger partial charge on any atom is 0.251 e. The van der Waals surface area contributed by atoms with Crippen LogP contribution in [0.1, 0.15) is 11.1 Å². The van der Waals surface area contributed by atoms with Crippen LogP contribution in [0, 0.1) is 10.1 Å². The first kappa shape index (κ1) is 20.1. The predicted molar refractivity (Wildman–Crippen MR) is 108 cm³/mol. The number of rotatable bonds is 8. The van der Waals surface area contributed by atoms with E-state index in [9.17, 15) is 10.1 Å². The minimum atomic E-state index is -0.403. The molecule has 3 rings (SSSR count). The Morgan fingerprint density at radius 1 is 1.00 bits per heavy atom. The van der Waals surface area contributed by atoms with E-state index in [1.54, 1.807) is 37.4 Å². The normalized spacial score (nSPS) is 11.4. The molecule has 0 aliphatic rings. The van der Waals surface area contributed by atoms with Gasteiger partial charge in [0.1, 0.15) is 0 Å². The van der Waals surface area contributed by atoms with Crippen LogP contribution in [-0.4, -0.2) is 33.4 Å². The Morgan fingerprint density at radius 3 is 2.21 bits per heavy atom. The van der Waals surface area contributed by atoms with E-state index in [0.717, 1.165) is 5.39 Å². The van der Waals surface area contributed by atoms with Gasteiger partial charge in [-0.05, 0) is 35.4 Å². The van der Waals surface area contributed by atoms with Crippen LogP contribution in [0.2, 0.25) is 0 Å². The highest BCUT2D eigenvalue weighted by atomic mass is 16.6. The summed E-state index contributed by atoms with van der Waals surface area (Å²) in [5, 5.41) is 12.5. The van der Waals surface area contributed by atoms with Crippen molar-refractivity contribution in [2.24, 2.45) is 0 Å². The molecule has 29 heavy (non-hydrogen) atoms. The Kier molecular flexibility index (Phi) is 5.92. The van der Waals surface area contributed by atoms with E-state index < -0.39 is 4.92 Å². The Bertz CT molecular complexity index is 1040. The van der Waals surface area contributed by atoms with Gasteiger partial charge in [0, 0.05) is 11.5 Å². The van der Waals surface area contributed by atoms with Crippen molar-refractivity contribution in [3.8, 4) is 23.0 Å². The van der Waals surface area contributed by atoms with E-state index in [2.05, 4.69) is 0 Å². The van der Waals surface area contributed by atoms with Crippen molar-refractivity contribution in [1.29, 1.82) is 0 Å². The van der Waals surface area contributed by atoms with Crippen molar-refractivity contribution in [1.82, 2.24) is 0 Å². The molecular formula is C21H21NO7. The number of benzene rings is 2. The van der Waals surface area contributed by atoms with E-state index in [4.69, 9.17) is 23.4 Å². The van der Waals surface area contributed by atoms with E-state index in [1.165, 1.54) is 33.7 Å². The van der Waals surface area contributed by atoms with Crippen molar-refractivity contribution in [3.63, 3.8) is 0 Å². The third-order valence-electron chi connectivity index (χ3n) is 4.50. The monoisotopic (exact) mass is 399 g/mol. The Morgan fingerprint density at radius 2 is 1.66 bits per heavy atom. The topological polar surface area (TPSA) is 93.2 Å². The molecule has 0 saturated carbocycles. The van der Waals surface area contributed by atoms with E-state index in [-0.39, 0.29) is 12.1 Å². The molecule has 0 spiro atoms. The fourth-order valence-corrected chi connectivity index (χ4v) is 3.14. The molecule has 8 nitrogen and oxygen atoms in total. The van der Waals surface area contributed by atoms with Gasteiger partial charge in [0.05, 0.1) is 46.0 Å². The Balaban J connectivity index is 2.04. The van der Waals surface area contributed by atoms with Crippen LogP contribution in [0.25, 0.3) is 17.0 Å². The molecular weight excluding hydrogens is 378 g/mol. The van der Waals surface area contributed by atoms with Gasteiger partial charge in [0.15, 0.2) is 22.8 Å². The molecule has 8 heteroatoms. The molecule has 152 valence electrons. The van der Waals surface area contributed by atoms with E-state index in [1.807, 2.05) is 0 Å². The van der Waals surface area contributed by atoms with Gasteiger partial charge < -0.3 is 23.4 Å². The average molecular weight is 399 g/mol. The summed E-state index contributed by atoms with van der Waals surface area (Å²) in [7, 11) is 6.04. The van der Waals surface area contributed by atoms with Crippen LogP contribution >= 0.6 is 0 Å². The van der Waals surface area contributed by atoms with Crippen LogP contribution in [0.3, 0.4) is 0 Å². The van der Waals surface area contributed by atoms with E-state index in [0.29, 0.717) is 39.7 Å². The molecule has 3 aromatic rings. The molecule has 0 aliphatic heterocycles. The molecule has 0 aliphatic carbocycles. The molecule has 0 atom stereocenters. The molecule has 0 bridgehead atoms. The molecule has 1 aromatic heterocycles. The van der Waals surface area contributed by atoms with Crippen LogP contribution in [0.15, 0.2) is 46.7 Å². The standard InChI is InChI=1S/C21H21NO7/c1-25-17-6-5-14(16-7-8-29-20(16)17)12-15(22(23)24)9-13-10-18(26-2)21(28-4)19(11-13)27-3/h5-8,10-12H,9H2,1-4H3. The second-order valence-corrected chi connectivity index (χ2v) is 6.12. The third kappa shape index (κ3) is 3.96. The first-order valence-corrected chi connectivity index (χ1v) is 8.70. The van der Waals surface area contributed by atoms with Crippen molar-refractivity contribution < 1.29 is 28.3 Å². The van der Waals surface area contributed by atoms with Crippen molar-refractivity contribution in [2.75, 3.05) is 28.4 Å². The minimum Gasteiger partial charge on any atom is -0.493 e. The van der Waals surface area contributed by atoms with Gasteiger partial charge in [-0.25, -0.2) is 0 Å². The maximum absolute atomic E-state index is 11.7. The first-order chi connectivity index (χ1) is 14.0. The molecule has 0 unspecified atom stereocenters. The quantitative estimate of drug-likeness (QED) is 0.411. The molecule has 0 amide bonds. The lowest BCUT2D eigenvalue weighted by Crippen LogP contribution is -2.04. The largest absolute Gasteiger partial charge is 0.493 e. The molecule has 0 fully saturated rings. The second kappa shape index (κ2) is 8.55. The Hall–Kier alpha value is -3.68. The van der Waals surface area contributed by atoms with Gasteiger partial charge in [-0.2, -0.15) is 0 Å². The average Bonchev–Trinajstić information content (AvgIpc) is 3.22. The zero-order valence-corrected chi connectivity index (χ0v) is 16.6. The highest BCUT2D eigenvalue weighted by Gasteiger charge is 2.19. The summed E-state index contributed by atoms with van der Waals surface area (Å²) in [6.07, 6.45) is 3.12. The Labute approximate surface area is 167 Å². The van der Waals surface area contributed by atoms with Gasteiger partial charge in [0.25, 0.3) is 5.70 Å². The zero-order chi connectivity index (χ0) is 21.0. The zero-order valence-electron chi connectivity index (χ0n) is 16.6. The van der Waals surface area contributed by atoms with Crippen molar-refractivity contribution in [2.45, 2.75) is 6.42 Å². The number of hydrogen-bond donors (Lipinski definition) is 0. The van der Waals surface area contributed by atoms with Crippen molar-refractivity contribution in [3.05, 3.63) is 63.5 Å². The molecule has 2 aromatic carbocycles. The van der Waals surface area contributed by atoms with Gasteiger partial charge in [-0.1, -0.05) is 6.07 Å². The maximum atomic E-state index is 11.7. The van der Waals surface area contributed by atoms with Crippen LogP contribution < -0.4 is 18.9 Å². The summed E-state index contributed by atoms with van der Waals surface area (Å²) in [6, 6.07) is 8.62. The first-order valence-electron chi connectivity index (χ1n) is 8.70. The lowest BCUT2D eigenvalue weighted by atomic mass is 10.0. The predicted octanol–water partition coefficient (Wildman–Crippen LogP) is 4.33. The summed E-state index contributed by atoms with van der Waals surface area (Å²) in [5.74, 6) is 1.87. The molecule has 0 radical (unpaired) electrons. The highest BCUT2D eigenvalue weighted by Crippen LogP contribution is 2.39. The van der Waals surface area contributed by atoms with E-state index >= 15 is 0 Å². The SMILES string of the molecule is COc1cc(CC(=Cc2ccc(OC)c3occc23)[N+](=O)[O-])cc(OC)c1OC. The molecule has 0 N–H and O–H groups in total. The number of fused-ring (bicyclic) bond motifs is 1. The number of allylic oxidation sites excluding steroid dienone is 1. The fourth-order valence-electron chi connectivity index (χ4n) is 3.14. The van der Waals surface area contributed by atoms with Gasteiger partial charge in [0.2, 0.25) is 5.75 Å². The third-order valence-corrected chi connectivity index (χ3v) is 4.50. The minimum absolute atomic E-state index is 0.00643. The molecule has 0 saturated heterocycles. The van der Waals surface area contributed by atoms with Crippen LogP contribution in [0.4, 0.5) is 0 Å². The smallest absolute Gasteiger partial charge is 0.251 e. The number of methoxy groups -OCH3 is 4. The highest BCUT2D eigenvalue weighted by molar-refractivity contribution is 5.91. The lowest BCUT2D eigenvalue weighted by Gasteiger charge is -2.13. The fraction of sp³-hybridized carbons (Fsp3) is 0.238. The van der Waals surface area contributed by atoms with Gasteiger partial charge in [-0.3, -0.25) is 10.1 Å². The van der Waals surface area contributed by atoms with Crippen molar-refractivity contribution >= 4 is 17.0 Å². The van der Waals surface area contributed by atoms with Crippen LogP contribution in [-0.2, 0) is 6.42 Å². The van der Waals surface area contributed by atoms with Gasteiger partial charge in [-0.15, -0.1) is 0 Å². The summed E-state index contributed by atoms with van der Waals surface area (Å²) in [5.41, 5.74) is 1.86.